The fourth-order valence-corrected chi connectivity index (χ4v) is 3.85. The van der Waals surface area contributed by atoms with Crippen molar-refractivity contribution in [3.05, 3.63) is 36.7 Å². The number of carbonyl (C=O) groups is 1. The summed E-state index contributed by atoms with van der Waals surface area (Å²) in [6, 6.07) is 3.73. The molecule has 3 aromatic heterocycles. The van der Waals surface area contributed by atoms with Gasteiger partial charge < -0.3 is 14.6 Å². The number of fused-ring (bicyclic) bond motifs is 4. The van der Waals surface area contributed by atoms with E-state index in [-0.39, 0.29) is 11.9 Å². The number of hydrogen-bond acceptors (Lipinski definition) is 6. The van der Waals surface area contributed by atoms with Crippen molar-refractivity contribution in [2.75, 3.05) is 19.6 Å². The third kappa shape index (κ3) is 2.58. The number of pyridine rings is 1. The molecular formula is C17H18N6O2. The van der Waals surface area contributed by atoms with Crippen molar-refractivity contribution in [2.24, 2.45) is 5.92 Å². The van der Waals surface area contributed by atoms with Crippen molar-refractivity contribution < 1.29 is 9.21 Å². The molecule has 3 saturated heterocycles. The summed E-state index contributed by atoms with van der Waals surface area (Å²) in [4.78, 5) is 23.2. The van der Waals surface area contributed by atoms with Crippen molar-refractivity contribution in [2.45, 2.75) is 18.9 Å². The second-order valence-corrected chi connectivity index (χ2v) is 6.75. The molecule has 0 radical (unpaired) electrons. The van der Waals surface area contributed by atoms with Gasteiger partial charge in [0.1, 0.15) is 23.9 Å². The molecule has 8 heteroatoms. The average molecular weight is 338 g/mol. The monoisotopic (exact) mass is 338 g/mol. The highest BCUT2D eigenvalue weighted by Gasteiger charge is 2.35. The molecule has 6 rings (SSSR count). The van der Waals surface area contributed by atoms with Gasteiger partial charge in [-0.05, 0) is 31.8 Å². The zero-order valence-corrected chi connectivity index (χ0v) is 13.6. The third-order valence-corrected chi connectivity index (χ3v) is 5.24. The van der Waals surface area contributed by atoms with Gasteiger partial charge in [0.2, 0.25) is 5.88 Å². The second-order valence-electron chi connectivity index (χ2n) is 6.75. The Balaban J connectivity index is 1.38. The van der Waals surface area contributed by atoms with Gasteiger partial charge in [0.25, 0.3) is 5.91 Å². The Morgan fingerprint density at radius 3 is 2.88 bits per heavy atom. The molecule has 1 unspecified atom stereocenters. The first-order chi connectivity index (χ1) is 12.3. The van der Waals surface area contributed by atoms with Gasteiger partial charge in [-0.25, -0.2) is 4.98 Å². The quantitative estimate of drug-likeness (QED) is 0.773. The molecule has 3 aliphatic rings. The van der Waals surface area contributed by atoms with Crippen LogP contribution in [0.5, 0.6) is 0 Å². The second kappa shape index (κ2) is 5.66. The Morgan fingerprint density at radius 2 is 2.16 bits per heavy atom. The summed E-state index contributed by atoms with van der Waals surface area (Å²) in [7, 11) is 0. The number of piperidine rings is 3. The number of amides is 1. The van der Waals surface area contributed by atoms with Crippen LogP contribution in [-0.2, 0) is 0 Å². The molecule has 3 aliphatic heterocycles. The molecule has 6 heterocycles. The SMILES string of the molecule is O=C(NC1CN2CCC1CC2)c1cc2oc(-n3cncn3)cc2cn1. The summed E-state index contributed by atoms with van der Waals surface area (Å²) in [5.74, 6) is 0.990. The van der Waals surface area contributed by atoms with Gasteiger partial charge >= 0.3 is 0 Å². The van der Waals surface area contributed by atoms with Gasteiger partial charge in [-0.15, -0.1) is 0 Å². The van der Waals surface area contributed by atoms with E-state index in [0.717, 1.165) is 37.9 Å². The van der Waals surface area contributed by atoms with Crippen LogP contribution in [0, 0.1) is 5.92 Å². The Kier molecular flexibility index (Phi) is 3.30. The maximum Gasteiger partial charge on any atom is 0.270 e. The number of carbonyl (C=O) groups excluding carboxylic acids is 1. The van der Waals surface area contributed by atoms with Crippen LogP contribution >= 0.6 is 0 Å². The van der Waals surface area contributed by atoms with Crippen molar-refractivity contribution in [1.82, 2.24) is 30.0 Å². The van der Waals surface area contributed by atoms with Gasteiger partial charge in [-0.2, -0.15) is 9.78 Å². The van der Waals surface area contributed by atoms with Gasteiger partial charge in [0, 0.05) is 36.3 Å². The maximum atomic E-state index is 12.6. The van der Waals surface area contributed by atoms with Crippen molar-refractivity contribution >= 4 is 16.9 Å². The molecular weight excluding hydrogens is 320 g/mol. The highest BCUT2D eigenvalue weighted by atomic mass is 16.4. The summed E-state index contributed by atoms with van der Waals surface area (Å²) in [6.45, 7) is 3.24. The standard InChI is InChI=1S/C17H18N6O2/c24-17(21-14-8-22-3-1-11(14)2-4-22)13-6-15-12(7-19-13)5-16(25-15)23-10-18-9-20-23/h5-7,9-11,14H,1-4,8H2,(H,21,24). The number of furan rings is 1. The molecule has 0 aliphatic carbocycles. The predicted octanol–water partition coefficient (Wildman–Crippen LogP) is 1.23. The highest BCUT2D eigenvalue weighted by Crippen LogP contribution is 2.28. The minimum absolute atomic E-state index is 0.139. The van der Waals surface area contributed by atoms with Gasteiger partial charge in [-0.1, -0.05) is 0 Å². The summed E-state index contributed by atoms with van der Waals surface area (Å²) < 4.78 is 7.31. The van der Waals surface area contributed by atoms with Crippen LogP contribution in [0.4, 0.5) is 0 Å². The van der Waals surface area contributed by atoms with E-state index in [1.807, 2.05) is 6.07 Å². The molecule has 1 amide bonds. The zero-order chi connectivity index (χ0) is 16.8. The summed E-state index contributed by atoms with van der Waals surface area (Å²) >= 11 is 0. The Labute approximate surface area is 143 Å². The van der Waals surface area contributed by atoms with Crippen molar-refractivity contribution in [3.63, 3.8) is 0 Å². The molecule has 1 atom stereocenters. The van der Waals surface area contributed by atoms with E-state index in [0.29, 0.717) is 23.1 Å². The van der Waals surface area contributed by atoms with Crippen LogP contribution in [0.25, 0.3) is 16.9 Å². The largest absolute Gasteiger partial charge is 0.438 e. The molecule has 2 bridgehead atoms. The number of hydrogen-bond donors (Lipinski definition) is 1. The minimum atomic E-state index is -0.139. The van der Waals surface area contributed by atoms with Crippen LogP contribution in [0.3, 0.4) is 0 Å². The first kappa shape index (κ1) is 14.6. The van der Waals surface area contributed by atoms with Crippen LogP contribution < -0.4 is 5.32 Å². The Bertz CT molecular complexity index is 911. The number of nitrogens with zero attached hydrogens (tertiary/aromatic N) is 5. The van der Waals surface area contributed by atoms with Gasteiger partial charge in [-0.3, -0.25) is 9.78 Å². The molecule has 8 nitrogen and oxygen atoms in total. The normalized spacial score (nSPS) is 25.4. The van der Waals surface area contributed by atoms with E-state index in [1.54, 1.807) is 18.6 Å². The van der Waals surface area contributed by atoms with Crippen LogP contribution in [0.15, 0.2) is 35.4 Å². The fraction of sp³-hybridized carbons (Fsp3) is 0.412. The van der Waals surface area contributed by atoms with Crippen LogP contribution in [0.1, 0.15) is 23.3 Å². The molecule has 0 saturated carbocycles. The lowest BCUT2D eigenvalue weighted by Crippen LogP contribution is -2.57. The average Bonchev–Trinajstić information content (AvgIpc) is 3.31. The first-order valence-electron chi connectivity index (χ1n) is 8.54. The third-order valence-electron chi connectivity index (χ3n) is 5.24. The van der Waals surface area contributed by atoms with Gasteiger partial charge in [0.05, 0.1) is 0 Å². The first-order valence-corrected chi connectivity index (χ1v) is 8.54. The molecule has 0 spiro atoms. The van der Waals surface area contributed by atoms with Crippen molar-refractivity contribution in [1.29, 1.82) is 0 Å². The molecule has 25 heavy (non-hydrogen) atoms. The lowest BCUT2D eigenvalue weighted by Gasteiger charge is -2.44. The topological polar surface area (TPSA) is 89.1 Å². The minimum Gasteiger partial charge on any atom is -0.438 e. The zero-order valence-electron chi connectivity index (χ0n) is 13.6. The number of rotatable bonds is 3. The maximum absolute atomic E-state index is 12.6. The molecule has 128 valence electrons. The van der Waals surface area contributed by atoms with E-state index >= 15 is 0 Å². The molecule has 1 N–H and O–H groups in total. The predicted molar refractivity (Wildman–Crippen MR) is 89.3 cm³/mol. The van der Waals surface area contributed by atoms with Crippen LogP contribution in [-0.4, -0.2) is 56.2 Å². The Hall–Kier alpha value is -2.74. The Morgan fingerprint density at radius 1 is 1.28 bits per heavy atom. The lowest BCUT2D eigenvalue weighted by molar-refractivity contribution is 0.0618. The smallest absolute Gasteiger partial charge is 0.270 e. The van der Waals surface area contributed by atoms with Gasteiger partial charge in [0.15, 0.2) is 0 Å². The summed E-state index contributed by atoms with van der Waals surface area (Å²) in [6.07, 6.45) is 6.99. The molecule has 3 fully saturated rings. The fourth-order valence-electron chi connectivity index (χ4n) is 3.85. The van der Waals surface area contributed by atoms with E-state index in [1.165, 1.54) is 11.0 Å². The van der Waals surface area contributed by atoms with E-state index in [9.17, 15) is 4.79 Å². The summed E-state index contributed by atoms with van der Waals surface area (Å²) in [5, 5.41) is 8.02. The van der Waals surface area contributed by atoms with Crippen molar-refractivity contribution in [3.8, 4) is 5.88 Å². The lowest BCUT2D eigenvalue weighted by atomic mass is 9.84. The number of nitrogens with one attached hydrogen (secondary N) is 1. The molecule has 3 aromatic rings. The summed E-state index contributed by atoms with van der Waals surface area (Å²) in [5.41, 5.74) is 0.989. The highest BCUT2D eigenvalue weighted by molar-refractivity contribution is 5.95. The molecule has 0 aromatic carbocycles. The number of aromatic nitrogens is 4. The van der Waals surface area contributed by atoms with Crippen LogP contribution in [0.2, 0.25) is 0 Å². The van der Waals surface area contributed by atoms with E-state index in [4.69, 9.17) is 4.42 Å². The van der Waals surface area contributed by atoms with E-state index < -0.39 is 0 Å². The van der Waals surface area contributed by atoms with E-state index in [2.05, 4.69) is 25.3 Å².